The maximum atomic E-state index is 15.1. The lowest BCUT2D eigenvalue weighted by molar-refractivity contribution is -0.142. The zero-order valence-corrected chi connectivity index (χ0v) is 28.3. The van der Waals surface area contributed by atoms with E-state index in [4.69, 9.17) is 4.74 Å². The van der Waals surface area contributed by atoms with E-state index in [2.05, 4.69) is 15.9 Å². The standard InChI is InChI=1S/C39H34BrNO8/c1-49-30-18-22(17-29(40)36(30)46)34-24-14-15-25-33(38(48)41(37(25)47)16-8-13-32(43)44)27(24)19-28-35(45)26(21-9-4-2-5-10-21)20-31(42)39(28,34)23-11-6-3-7-12-23/h2-7,9-12,14,17-18,20,25,27-28,33-34,46H,8,13,15-16,19H2,1H3,(H,43,44)/t25-,27+,28-,33-,34-,39-/m0/s1. The van der Waals surface area contributed by atoms with E-state index in [9.17, 15) is 29.4 Å². The summed E-state index contributed by atoms with van der Waals surface area (Å²) < 4.78 is 5.89. The van der Waals surface area contributed by atoms with Gasteiger partial charge in [0.25, 0.3) is 0 Å². The Morgan fingerprint density at radius 1 is 0.980 bits per heavy atom. The largest absolute Gasteiger partial charge is 0.503 e. The van der Waals surface area contributed by atoms with Crippen LogP contribution in [0.25, 0.3) is 5.57 Å². The Labute approximate surface area is 291 Å². The predicted molar refractivity (Wildman–Crippen MR) is 183 cm³/mol. The molecule has 2 fully saturated rings. The number of carboxylic acids is 1. The SMILES string of the molecule is COc1cc([C@H]2C3=CC[C@@H]4C(=O)N(CCCC(=O)O)C(=O)[C@@H]4[C@@H]3C[C@H]3C(=O)C(c4ccccc4)=CC(=O)[C@@]23c2ccccc2)cc(Br)c1O. The molecule has 1 aliphatic heterocycles. The van der Waals surface area contributed by atoms with Gasteiger partial charge in [-0.3, -0.25) is 28.9 Å². The minimum absolute atomic E-state index is 0.000245. The van der Waals surface area contributed by atoms with Crippen molar-refractivity contribution >= 4 is 50.9 Å². The molecule has 0 spiro atoms. The highest BCUT2D eigenvalue weighted by molar-refractivity contribution is 9.10. The second-order valence-electron chi connectivity index (χ2n) is 13.2. The molecule has 3 aromatic carbocycles. The Morgan fingerprint density at radius 2 is 1.67 bits per heavy atom. The van der Waals surface area contributed by atoms with Crippen LogP contribution in [-0.4, -0.2) is 58.1 Å². The topological polar surface area (TPSA) is 138 Å². The minimum atomic E-state index is -1.42. The number of nitrogens with zero attached hydrogens (tertiary/aromatic N) is 1. The quantitative estimate of drug-likeness (QED) is 0.218. The first-order valence-electron chi connectivity index (χ1n) is 16.3. The van der Waals surface area contributed by atoms with Crippen molar-refractivity contribution in [3.8, 4) is 11.5 Å². The van der Waals surface area contributed by atoms with E-state index in [0.29, 0.717) is 26.7 Å². The summed E-state index contributed by atoms with van der Waals surface area (Å²) in [6, 6.07) is 21.7. The molecule has 2 amide bonds. The van der Waals surface area contributed by atoms with Crippen molar-refractivity contribution in [2.24, 2.45) is 23.7 Å². The lowest BCUT2D eigenvalue weighted by Crippen LogP contribution is -2.58. The number of ether oxygens (including phenoxy) is 1. The highest BCUT2D eigenvalue weighted by Gasteiger charge is 2.65. The third kappa shape index (κ3) is 5.07. The van der Waals surface area contributed by atoms with Crippen LogP contribution in [0.1, 0.15) is 48.3 Å². The number of carbonyl (C=O) groups is 5. The highest BCUT2D eigenvalue weighted by atomic mass is 79.9. The van der Waals surface area contributed by atoms with Crippen LogP contribution in [0, 0.1) is 23.7 Å². The molecule has 0 radical (unpaired) electrons. The Morgan fingerprint density at radius 3 is 2.35 bits per heavy atom. The second kappa shape index (κ2) is 12.6. The van der Waals surface area contributed by atoms with Gasteiger partial charge in [-0.05, 0) is 76.0 Å². The molecule has 3 aromatic rings. The average molecular weight is 725 g/mol. The Hall–Kier alpha value is -4.83. The molecule has 49 heavy (non-hydrogen) atoms. The first kappa shape index (κ1) is 32.7. The van der Waals surface area contributed by atoms with Gasteiger partial charge in [0.05, 0.1) is 28.8 Å². The lowest BCUT2D eigenvalue weighted by Gasteiger charge is -2.55. The molecule has 4 aliphatic rings. The van der Waals surface area contributed by atoms with Crippen LogP contribution in [-0.2, 0) is 29.4 Å². The summed E-state index contributed by atoms with van der Waals surface area (Å²) >= 11 is 3.47. The molecular weight excluding hydrogens is 690 g/mol. The van der Waals surface area contributed by atoms with Crippen molar-refractivity contribution in [1.29, 1.82) is 0 Å². The molecule has 250 valence electrons. The van der Waals surface area contributed by atoms with Gasteiger partial charge in [0.1, 0.15) is 0 Å². The fraction of sp³-hybridized carbons (Fsp3) is 0.308. The van der Waals surface area contributed by atoms with Crippen LogP contribution in [0.15, 0.2) is 95.0 Å². The number of phenols is 1. The van der Waals surface area contributed by atoms with Gasteiger partial charge in [-0.2, -0.15) is 0 Å². The van der Waals surface area contributed by atoms with Gasteiger partial charge in [-0.1, -0.05) is 72.3 Å². The number of ketones is 2. The molecular formula is C39H34BrNO8. The van der Waals surface area contributed by atoms with E-state index in [1.54, 1.807) is 24.3 Å². The number of rotatable bonds is 8. The van der Waals surface area contributed by atoms with Crippen molar-refractivity contribution in [2.45, 2.75) is 37.0 Å². The van der Waals surface area contributed by atoms with Crippen LogP contribution in [0.5, 0.6) is 11.5 Å². The normalized spacial score (nSPS) is 27.6. The number of fused-ring (bicyclic) bond motifs is 4. The number of allylic oxidation sites excluding steroid dienone is 4. The summed E-state index contributed by atoms with van der Waals surface area (Å²) in [7, 11) is 1.43. The Kier molecular flexibility index (Phi) is 8.39. The molecule has 10 heteroatoms. The summed E-state index contributed by atoms with van der Waals surface area (Å²) in [5.74, 6) is -5.79. The van der Waals surface area contributed by atoms with Crippen molar-refractivity contribution in [3.63, 3.8) is 0 Å². The molecule has 3 aliphatic carbocycles. The van der Waals surface area contributed by atoms with Crippen LogP contribution >= 0.6 is 15.9 Å². The van der Waals surface area contributed by atoms with Crippen molar-refractivity contribution in [3.05, 3.63) is 112 Å². The van der Waals surface area contributed by atoms with Crippen molar-refractivity contribution in [2.75, 3.05) is 13.7 Å². The molecule has 2 N–H and O–H groups in total. The smallest absolute Gasteiger partial charge is 0.303 e. The fourth-order valence-corrected chi connectivity index (χ4v) is 9.30. The number of aromatic hydroxyl groups is 1. The zero-order valence-electron chi connectivity index (χ0n) is 26.7. The summed E-state index contributed by atoms with van der Waals surface area (Å²) in [4.78, 5) is 70.3. The van der Waals surface area contributed by atoms with Crippen LogP contribution in [0.3, 0.4) is 0 Å². The second-order valence-corrected chi connectivity index (χ2v) is 14.0. The Bertz CT molecular complexity index is 1950. The first-order valence-corrected chi connectivity index (χ1v) is 17.1. The number of methoxy groups -OCH3 is 1. The van der Waals surface area contributed by atoms with Gasteiger partial charge in [0.2, 0.25) is 11.8 Å². The molecule has 1 heterocycles. The van der Waals surface area contributed by atoms with Gasteiger partial charge >= 0.3 is 5.97 Å². The maximum Gasteiger partial charge on any atom is 0.303 e. The van der Waals surface area contributed by atoms with E-state index in [-0.39, 0.29) is 67.1 Å². The summed E-state index contributed by atoms with van der Waals surface area (Å²) in [6.45, 7) is 0.000245. The van der Waals surface area contributed by atoms with Crippen LogP contribution < -0.4 is 4.74 Å². The maximum absolute atomic E-state index is 15.1. The van der Waals surface area contributed by atoms with Gasteiger partial charge in [0, 0.05) is 30.4 Å². The number of aliphatic carboxylic acids is 1. The van der Waals surface area contributed by atoms with Crippen LogP contribution in [0.2, 0.25) is 0 Å². The minimum Gasteiger partial charge on any atom is -0.503 e. The Balaban J connectivity index is 1.46. The van der Waals surface area contributed by atoms with E-state index in [1.165, 1.54) is 18.1 Å². The molecule has 6 atom stereocenters. The molecule has 9 nitrogen and oxygen atoms in total. The number of halogens is 1. The zero-order chi connectivity index (χ0) is 34.6. The van der Waals surface area contributed by atoms with Gasteiger partial charge < -0.3 is 14.9 Å². The number of hydrogen-bond acceptors (Lipinski definition) is 7. The van der Waals surface area contributed by atoms with Gasteiger partial charge in [-0.25, -0.2) is 0 Å². The predicted octanol–water partition coefficient (Wildman–Crippen LogP) is 5.85. The number of phenolic OH excluding ortho intramolecular Hbond substituents is 1. The number of carbonyl (C=O) groups excluding carboxylic acids is 4. The fourth-order valence-electron chi connectivity index (χ4n) is 8.84. The monoisotopic (exact) mass is 723 g/mol. The van der Waals surface area contributed by atoms with Gasteiger partial charge in [-0.15, -0.1) is 0 Å². The van der Waals surface area contributed by atoms with Crippen molar-refractivity contribution in [1.82, 2.24) is 4.90 Å². The van der Waals surface area contributed by atoms with E-state index < -0.39 is 41.0 Å². The first-order chi connectivity index (χ1) is 23.6. The number of imide groups is 1. The summed E-state index contributed by atoms with van der Waals surface area (Å²) in [6.07, 6.45) is 3.80. The molecule has 1 saturated carbocycles. The van der Waals surface area contributed by atoms with E-state index >= 15 is 4.79 Å². The summed E-state index contributed by atoms with van der Waals surface area (Å²) in [5.41, 5.74) is 1.55. The van der Waals surface area contributed by atoms with Crippen molar-refractivity contribution < 1.29 is 38.9 Å². The number of benzene rings is 3. The molecule has 0 aromatic heterocycles. The molecule has 7 rings (SSSR count). The van der Waals surface area contributed by atoms with E-state index in [1.807, 2.05) is 54.6 Å². The summed E-state index contributed by atoms with van der Waals surface area (Å²) in [5, 5.41) is 20.0. The number of hydrogen-bond donors (Lipinski definition) is 2. The number of Topliss-reactive ketones (excluding diaryl/α,β-unsaturated/α-hetero) is 1. The van der Waals surface area contributed by atoms with Crippen LogP contribution in [0.4, 0.5) is 0 Å². The highest BCUT2D eigenvalue weighted by Crippen LogP contribution is 2.64. The lowest BCUT2D eigenvalue weighted by atomic mass is 9.44. The number of amides is 2. The number of likely N-dealkylation sites (tertiary alicyclic amines) is 1. The van der Waals surface area contributed by atoms with E-state index in [0.717, 1.165) is 5.57 Å². The number of carboxylic acid groups (broad SMARTS) is 1. The average Bonchev–Trinajstić information content (AvgIpc) is 3.35. The third-order valence-electron chi connectivity index (χ3n) is 10.8. The molecule has 0 bridgehead atoms. The van der Waals surface area contributed by atoms with Gasteiger partial charge in [0.15, 0.2) is 23.1 Å². The molecule has 1 saturated heterocycles. The molecule has 0 unspecified atom stereocenters. The third-order valence-corrected chi connectivity index (χ3v) is 11.4.